The molecule has 3 nitrogen and oxygen atoms in total. The molecule has 14 heavy (non-hydrogen) atoms. The number of rotatable bonds is 3. The second kappa shape index (κ2) is 4.21. The van der Waals surface area contributed by atoms with E-state index in [-0.39, 0.29) is 0 Å². The Kier molecular flexibility index (Phi) is 2.96. The van der Waals surface area contributed by atoms with Crippen LogP contribution in [0.4, 0.5) is 0 Å². The Bertz CT molecular complexity index is 443. The Balaban J connectivity index is 2.36. The zero-order chi connectivity index (χ0) is 9.97. The Morgan fingerprint density at radius 2 is 2.36 bits per heavy atom. The molecule has 0 radical (unpaired) electrons. The maximum Gasteiger partial charge on any atom is 0.141 e. The SMILES string of the molecule is COCCc1cc2c(Cl)ncnc2s1. The lowest BCUT2D eigenvalue weighted by atomic mass is 10.3. The van der Waals surface area contributed by atoms with Crippen LogP contribution in [0.3, 0.4) is 0 Å². The van der Waals surface area contributed by atoms with Gasteiger partial charge < -0.3 is 4.74 Å². The zero-order valence-electron chi connectivity index (χ0n) is 7.66. The largest absolute Gasteiger partial charge is 0.384 e. The number of halogens is 1. The predicted octanol–water partition coefficient (Wildman–Crippen LogP) is 2.53. The van der Waals surface area contributed by atoms with E-state index in [0.717, 1.165) is 23.2 Å². The summed E-state index contributed by atoms with van der Waals surface area (Å²) in [7, 11) is 1.69. The van der Waals surface area contributed by atoms with E-state index < -0.39 is 0 Å². The molecule has 0 aliphatic heterocycles. The van der Waals surface area contributed by atoms with Crippen molar-refractivity contribution in [3.05, 3.63) is 22.4 Å². The van der Waals surface area contributed by atoms with E-state index in [2.05, 4.69) is 9.97 Å². The molecule has 2 heterocycles. The molecule has 2 rings (SSSR count). The summed E-state index contributed by atoms with van der Waals surface area (Å²) >= 11 is 7.56. The van der Waals surface area contributed by atoms with Crippen molar-refractivity contribution in [2.45, 2.75) is 6.42 Å². The second-order valence-electron chi connectivity index (χ2n) is 2.84. The molecule has 0 aromatic carbocycles. The maximum atomic E-state index is 5.93. The minimum atomic E-state index is 0.523. The van der Waals surface area contributed by atoms with Gasteiger partial charge in [0.25, 0.3) is 0 Å². The third-order valence-corrected chi connectivity index (χ3v) is 3.29. The fraction of sp³-hybridized carbons (Fsp3) is 0.333. The van der Waals surface area contributed by atoms with Crippen molar-refractivity contribution in [3.63, 3.8) is 0 Å². The highest BCUT2D eigenvalue weighted by molar-refractivity contribution is 7.18. The van der Waals surface area contributed by atoms with Crippen molar-refractivity contribution in [1.82, 2.24) is 9.97 Å². The first kappa shape index (κ1) is 9.83. The van der Waals surface area contributed by atoms with Crippen LogP contribution in [0, 0.1) is 0 Å². The van der Waals surface area contributed by atoms with Crippen LogP contribution in [-0.2, 0) is 11.2 Å². The predicted molar refractivity (Wildman–Crippen MR) is 58.0 cm³/mol. The van der Waals surface area contributed by atoms with Gasteiger partial charge in [-0.15, -0.1) is 11.3 Å². The van der Waals surface area contributed by atoms with Crippen molar-refractivity contribution in [1.29, 1.82) is 0 Å². The monoisotopic (exact) mass is 228 g/mol. The molecule has 0 aliphatic rings. The molecule has 0 bridgehead atoms. The van der Waals surface area contributed by atoms with Crippen LogP contribution < -0.4 is 0 Å². The Hall–Kier alpha value is -0.710. The summed E-state index contributed by atoms with van der Waals surface area (Å²) in [4.78, 5) is 10.3. The standard InChI is InChI=1S/C9H9ClN2OS/c1-13-3-2-6-4-7-8(10)11-5-12-9(7)14-6/h4-5H,2-3H2,1H3. The first-order valence-electron chi connectivity index (χ1n) is 4.19. The molecule has 74 valence electrons. The molecule has 0 unspecified atom stereocenters. The fourth-order valence-electron chi connectivity index (χ4n) is 1.20. The van der Waals surface area contributed by atoms with Gasteiger partial charge in [0.2, 0.25) is 0 Å². The molecule has 0 saturated heterocycles. The fourth-order valence-corrected chi connectivity index (χ4v) is 2.42. The van der Waals surface area contributed by atoms with Gasteiger partial charge in [0.05, 0.1) is 6.61 Å². The van der Waals surface area contributed by atoms with Gasteiger partial charge in [-0.2, -0.15) is 0 Å². The van der Waals surface area contributed by atoms with Crippen LogP contribution in [0.2, 0.25) is 5.15 Å². The number of ether oxygens (including phenoxy) is 1. The van der Waals surface area contributed by atoms with Gasteiger partial charge >= 0.3 is 0 Å². The molecule has 2 aromatic heterocycles. The van der Waals surface area contributed by atoms with Crippen molar-refractivity contribution >= 4 is 33.2 Å². The van der Waals surface area contributed by atoms with Gasteiger partial charge in [-0.05, 0) is 6.07 Å². The molecule has 0 aliphatic carbocycles. The van der Waals surface area contributed by atoms with Gasteiger partial charge in [0.1, 0.15) is 16.3 Å². The van der Waals surface area contributed by atoms with Crippen molar-refractivity contribution in [2.75, 3.05) is 13.7 Å². The molecule has 0 spiro atoms. The summed E-state index contributed by atoms with van der Waals surface area (Å²) in [6.45, 7) is 0.720. The summed E-state index contributed by atoms with van der Waals surface area (Å²) in [5.74, 6) is 0. The average Bonchev–Trinajstić information content (AvgIpc) is 2.59. The van der Waals surface area contributed by atoms with Crippen molar-refractivity contribution in [3.8, 4) is 0 Å². The molecule has 5 heteroatoms. The molecular weight excluding hydrogens is 220 g/mol. The number of fused-ring (bicyclic) bond motifs is 1. The summed E-state index contributed by atoms with van der Waals surface area (Å²) in [6.07, 6.45) is 2.38. The van der Waals surface area contributed by atoms with E-state index >= 15 is 0 Å². The first-order valence-corrected chi connectivity index (χ1v) is 5.38. The summed E-state index contributed by atoms with van der Waals surface area (Å²) in [5.41, 5.74) is 0. The second-order valence-corrected chi connectivity index (χ2v) is 4.31. The third-order valence-electron chi connectivity index (χ3n) is 1.88. The zero-order valence-corrected chi connectivity index (χ0v) is 9.23. The van der Waals surface area contributed by atoms with Crippen LogP contribution in [0.1, 0.15) is 4.88 Å². The first-order chi connectivity index (χ1) is 6.81. The van der Waals surface area contributed by atoms with Gasteiger partial charge in [-0.3, -0.25) is 0 Å². The molecule has 2 aromatic rings. The Morgan fingerprint density at radius 3 is 3.07 bits per heavy atom. The number of nitrogens with zero attached hydrogens (tertiary/aromatic N) is 2. The summed E-state index contributed by atoms with van der Waals surface area (Å²) < 4.78 is 5.01. The molecule has 0 amide bonds. The normalized spacial score (nSPS) is 11.0. The van der Waals surface area contributed by atoms with Crippen LogP contribution in [-0.4, -0.2) is 23.7 Å². The lowest BCUT2D eigenvalue weighted by Crippen LogP contribution is -1.90. The lowest BCUT2D eigenvalue weighted by molar-refractivity contribution is 0.203. The van der Waals surface area contributed by atoms with E-state index in [1.54, 1.807) is 18.4 Å². The highest BCUT2D eigenvalue weighted by Crippen LogP contribution is 2.27. The van der Waals surface area contributed by atoms with Crippen LogP contribution in [0.5, 0.6) is 0 Å². The van der Waals surface area contributed by atoms with Crippen LogP contribution in [0.25, 0.3) is 10.2 Å². The number of hydrogen-bond donors (Lipinski definition) is 0. The number of aromatic nitrogens is 2. The smallest absolute Gasteiger partial charge is 0.141 e. The molecule has 0 saturated carbocycles. The minimum Gasteiger partial charge on any atom is -0.384 e. The maximum absolute atomic E-state index is 5.93. The third kappa shape index (κ3) is 1.87. The van der Waals surface area contributed by atoms with E-state index in [1.807, 2.05) is 6.07 Å². The summed E-state index contributed by atoms with van der Waals surface area (Å²) in [5, 5.41) is 1.46. The Morgan fingerprint density at radius 1 is 1.50 bits per heavy atom. The minimum absolute atomic E-state index is 0.523. The van der Waals surface area contributed by atoms with Crippen LogP contribution >= 0.6 is 22.9 Å². The van der Waals surface area contributed by atoms with Gasteiger partial charge in [-0.25, -0.2) is 9.97 Å². The van der Waals surface area contributed by atoms with E-state index in [1.165, 1.54) is 11.2 Å². The molecular formula is C9H9ClN2OS. The topological polar surface area (TPSA) is 35.0 Å². The number of thiophene rings is 1. The van der Waals surface area contributed by atoms with E-state index in [9.17, 15) is 0 Å². The van der Waals surface area contributed by atoms with Gasteiger partial charge in [0.15, 0.2) is 0 Å². The van der Waals surface area contributed by atoms with Crippen molar-refractivity contribution < 1.29 is 4.74 Å². The molecule has 0 N–H and O–H groups in total. The van der Waals surface area contributed by atoms with Crippen LogP contribution in [0.15, 0.2) is 12.4 Å². The van der Waals surface area contributed by atoms with E-state index in [4.69, 9.17) is 16.3 Å². The molecule has 0 fully saturated rings. The molecule has 0 atom stereocenters. The Labute approximate surface area is 90.7 Å². The van der Waals surface area contributed by atoms with Gasteiger partial charge in [-0.1, -0.05) is 11.6 Å². The number of methoxy groups -OCH3 is 1. The lowest BCUT2D eigenvalue weighted by Gasteiger charge is -1.92. The number of hydrogen-bond acceptors (Lipinski definition) is 4. The highest BCUT2D eigenvalue weighted by Gasteiger charge is 2.06. The van der Waals surface area contributed by atoms with Crippen molar-refractivity contribution in [2.24, 2.45) is 0 Å². The highest BCUT2D eigenvalue weighted by atomic mass is 35.5. The average molecular weight is 229 g/mol. The quantitative estimate of drug-likeness (QED) is 0.758. The van der Waals surface area contributed by atoms with Gasteiger partial charge in [0, 0.05) is 23.8 Å². The van der Waals surface area contributed by atoms with E-state index in [0.29, 0.717) is 5.15 Å². The summed E-state index contributed by atoms with van der Waals surface area (Å²) in [6, 6.07) is 2.03.